The minimum atomic E-state index is -0.600. The lowest BCUT2D eigenvalue weighted by atomic mass is 10.1. The third kappa shape index (κ3) is 5.03. The van der Waals surface area contributed by atoms with Gasteiger partial charge in [0, 0.05) is 31.8 Å². The zero-order valence-corrected chi connectivity index (χ0v) is 16.4. The molecule has 0 bridgehead atoms. The summed E-state index contributed by atoms with van der Waals surface area (Å²) in [5.41, 5.74) is 0.363. The third-order valence-corrected chi connectivity index (χ3v) is 4.86. The van der Waals surface area contributed by atoms with Crippen LogP contribution in [-0.2, 0) is 18.3 Å². The molecule has 1 aliphatic rings. The van der Waals surface area contributed by atoms with Gasteiger partial charge < -0.3 is 19.9 Å². The van der Waals surface area contributed by atoms with Crippen molar-refractivity contribution in [1.82, 2.24) is 25.4 Å². The molecule has 0 amide bonds. The van der Waals surface area contributed by atoms with Crippen molar-refractivity contribution in [2.75, 3.05) is 13.2 Å². The van der Waals surface area contributed by atoms with Crippen molar-refractivity contribution < 1.29 is 13.5 Å². The quantitative estimate of drug-likeness (QED) is 0.583. The zero-order valence-electron chi connectivity index (χ0n) is 16.4. The van der Waals surface area contributed by atoms with Gasteiger partial charge in [-0.05, 0) is 32.8 Å². The Hall–Kier alpha value is -2.55. The molecule has 1 fully saturated rings. The van der Waals surface area contributed by atoms with E-state index in [4.69, 9.17) is 4.74 Å². The van der Waals surface area contributed by atoms with E-state index in [-0.39, 0.29) is 6.10 Å². The summed E-state index contributed by atoms with van der Waals surface area (Å²) in [6.07, 6.45) is 2.16. The van der Waals surface area contributed by atoms with Gasteiger partial charge in [-0.25, -0.2) is 13.8 Å². The number of rotatable bonds is 6. The van der Waals surface area contributed by atoms with Gasteiger partial charge in [0.1, 0.15) is 24.0 Å². The first-order chi connectivity index (χ1) is 13.4. The molecule has 28 heavy (non-hydrogen) atoms. The number of halogens is 2. The van der Waals surface area contributed by atoms with E-state index in [0.717, 1.165) is 37.2 Å². The molecule has 1 aliphatic heterocycles. The number of hydrogen-bond donors (Lipinski definition) is 2. The lowest BCUT2D eigenvalue weighted by Gasteiger charge is -2.20. The van der Waals surface area contributed by atoms with E-state index < -0.39 is 17.7 Å². The van der Waals surface area contributed by atoms with Crippen LogP contribution < -0.4 is 10.6 Å². The number of aryl methyl sites for hydroxylation is 1. The molecule has 3 rings (SSSR count). The summed E-state index contributed by atoms with van der Waals surface area (Å²) in [6.45, 7) is 5.35. The molecule has 0 aliphatic carbocycles. The molecule has 2 N–H and O–H groups in total. The second-order valence-corrected chi connectivity index (χ2v) is 6.94. The molecular formula is C19H26F2N6O. The fourth-order valence-electron chi connectivity index (χ4n) is 3.04. The summed E-state index contributed by atoms with van der Waals surface area (Å²) in [5.74, 6) is 0.830. The van der Waals surface area contributed by atoms with Crippen LogP contribution in [0.5, 0.6) is 0 Å². The van der Waals surface area contributed by atoms with Crippen molar-refractivity contribution in [3.8, 4) is 0 Å². The maximum Gasteiger partial charge on any atom is 0.192 e. The Morgan fingerprint density at radius 2 is 2.21 bits per heavy atom. The summed E-state index contributed by atoms with van der Waals surface area (Å²) in [7, 11) is 1.88. The van der Waals surface area contributed by atoms with Crippen LogP contribution in [0.3, 0.4) is 0 Å². The van der Waals surface area contributed by atoms with E-state index >= 15 is 0 Å². The van der Waals surface area contributed by atoms with Crippen LogP contribution in [0.25, 0.3) is 0 Å². The predicted octanol–water partition coefficient (Wildman–Crippen LogP) is 2.38. The maximum atomic E-state index is 14.1. The van der Waals surface area contributed by atoms with Crippen LogP contribution >= 0.6 is 0 Å². The average Bonchev–Trinajstić information content (AvgIpc) is 3.28. The van der Waals surface area contributed by atoms with Gasteiger partial charge in [-0.3, -0.25) is 0 Å². The highest BCUT2D eigenvalue weighted by molar-refractivity contribution is 5.80. The summed E-state index contributed by atoms with van der Waals surface area (Å²) < 4.78 is 34.8. The van der Waals surface area contributed by atoms with Crippen LogP contribution in [0, 0.1) is 18.6 Å². The van der Waals surface area contributed by atoms with Gasteiger partial charge in [-0.15, -0.1) is 10.2 Å². The third-order valence-electron chi connectivity index (χ3n) is 4.86. The SMILES string of the molecule is Cc1nnc(CN=C(NCC2CCCO2)NC(C)c2ccc(F)cc2F)n1C. The number of benzene rings is 1. The minimum Gasteiger partial charge on any atom is -0.376 e. The van der Waals surface area contributed by atoms with Gasteiger partial charge in [0.25, 0.3) is 0 Å². The largest absolute Gasteiger partial charge is 0.376 e. The molecule has 0 saturated carbocycles. The lowest BCUT2D eigenvalue weighted by Crippen LogP contribution is -2.42. The fourth-order valence-corrected chi connectivity index (χ4v) is 3.04. The van der Waals surface area contributed by atoms with Gasteiger partial charge in [-0.2, -0.15) is 0 Å². The second kappa shape index (κ2) is 9.09. The van der Waals surface area contributed by atoms with E-state index in [1.54, 1.807) is 6.92 Å². The molecule has 1 aromatic carbocycles. The summed E-state index contributed by atoms with van der Waals surface area (Å²) in [4.78, 5) is 4.56. The van der Waals surface area contributed by atoms with Crippen LogP contribution in [0.2, 0.25) is 0 Å². The number of aliphatic imine (C=N–C) groups is 1. The Kier molecular flexibility index (Phi) is 6.56. The standard InChI is InChI=1S/C19H26F2N6O/c1-12(16-7-6-14(20)9-17(16)21)24-19(22-10-15-5-4-8-28-15)23-11-18-26-25-13(2)27(18)3/h6-7,9,12,15H,4-5,8,10-11H2,1-3H3,(H2,22,23,24). The van der Waals surface area contributed by atoms with Crippen molar-refractivity contribution in [1.29, 1.82) is 0 Å². The monoisotopic (exact) mass is 392 g/mol. The second-order valence-electron chi connectivity index (χ2n) is 6.94. The summed E-state index contributed by atoms with van der Waals surface area (Å²) in [5, 5.41) is 14.6. The minimum absolute atomic E-state index is 0.127. The van der Waals surface area contributed by atoms with Gasteiger partial charge >= 0.3 is 0 Å². The number of nitrogens with zero attached hydrogens (tertiary/aromatic N) is 4. The predicted molar refractivity (Wildman–Crippen MR) is 102 cm³/mol. The Morgan fingerprint density at radius 1 is 1.39 bits per heavy atom. The molecule has 2 atom stereocenters. The van der Waals surface area contributed by atoms with Crippen molar-refractivity contribution >= 4 is 5.96 Å². The Balaban J connectivity index is 1.72. The van der Waals surface area contributed by atoms with Crippen LogP contribution in [0.4, 0.5) is 8.78 Å². The van der Waals surface area contributed by atoms with Gasteiger partial charge in [-0.1, -0.05) is 6.07 Å². The first kappa shape index (κ1) is 20.2. The van der Waals surface area contributed by atoms with E-state index in [1.807, 2.05) is 18.5 Å². The molecule has 152 valence electrons. The van der Waals surface area contributed by atoms with Crippen molar-refractivity contribution in [2.24, 2.45) is 12.0 Å². The average molecular weight is 392 g/mol. The normalized spacial score (nSPS) is 18.3. The van der Waals surface area contributed by atoms with E-state index in [1.165, 1.54) is 12.1 Å². The Morgan fingerprint density at radius 3 is 2.86 bits per heavy atom. The highest BCUT2D eigenvalue weighted by atomic mass is 19.1. The van der Waals surface area contributed by atoms with Crippen LogP contribution in [0.15, 0.2) is 23.2 Å². The number of ether oxygens (including phenoxy) is 1. The summed E-state index contributed by atoms with van der Waals surface area (Å²) in [6, 6.07) is 3.16. The van der Waals surface area contributed by atoms with Gasteiger partial charge in [0.05, 0.1) is 12.1 Å². The highest BCUT2D eigenvalue weighted by Crippen LogP contribution is 2.18. The van der Waals surface area contributed by atoms with Crippen molar-refractivity contribution in [3.63, 3.8) is 0 Å². The molecule has 0 spiro atoms. The number of aromatic nitrogens is 3. The van der Waals surface area contributed by atoms with E-state index in [0.29, 0.717) is 24.6 Å². The van der Waals surface area contributed by atoms with Crippen molar-refractivity contribution in [3.05, 3.63) is 47.0 Å². The number of hydrogen-bond acceptors (Lipinski definition) is 4. The van der Waals surface area contributed by atoms with Gasteiger partial charge in [0.2, 0.25) is 0 Å². The number of guanidine groups is 1. The Bertz CT molecular complexity index is 832. The topological polar surface area (TPSA) is 76.4 Å². The smallest absolute Gasteiger partial charge is 0.192 e. The summed E-state index contributed by atoms with van der Waals surface area (Å²) >= 11 is 0. The molecule has 7 nitrogen and oxygen atoms in total. The molecular weight excluding hydrogens is 366 g/mol. The molecule has 2 heterocycles. The zero-order chi connectivity index (χ0) is 20.1. The molecule has 2 unspecified atom stereocenters. The van der Waals surface area contributed by atoms with Crippen LogP contribution in [0.1, 0.15) is 43.0 Å². The highest BCUT2D eigenvalue weighted by Gasteiger charge is 2.18. The number of nitrogens with one attached hydrogen (secondary N) is 2. The van der Waals surface area contributed by atoms with Gasteiger partial charge in [0.15, 0.2) is 11.8 Å². The van der Waals surface area contributed by atoms with Crippen molar-refractivity contribution in [2.45, 2.75) is 45.4 Å². The van der Waals surface area contributed by atoms with Crippen LogP contribution in [-0.4, -0.2) is 40.0 Å². The first-order valence-electron chi connectivity index (χ1n) is 9.40. The molecule has 9 heteroatoms. The Labute approximate surface area is 163 Å². The molecule has 1 aromatic heterocycles. The molecule has 0 radical (unpaired) electrons. The maximum absolute atomic E-state index is 14.1. The fraction of sp³-hybridized carbons (Fsp3) is 0.526. The molecule has 2 aromatic rings. The first-order valence-corrected chi connectivity index (χ1v) is 9.40. The van der Waals surface area contributed by atoms with E-state index in [9.17, 15) is 8.78 Å². The lowest BCUT2D eigenvalue weighted by molar-refractivity contribution is 0.113. The van der Waals surface area contributed by atoms with E-state index in [2.05, 4.69) is 25.8 Å². The molecule has 1 saturated heterocycles.